The van der Waals surface area contributed by atoms with E-state index in [1.165, 1.54) is 88.8 Å². The van der Waals surface area contributed by atoms with Gasteiger partial charge in [-0.05, 0) is 44.2 Å². The average molecular weight is 436 g/mol. The zero-order chi connectivity index (χ0) is 23.3. The summed E-state index contributed by atoms with van der Waals surface area (Å²) in [6.45, 7) is 2.26. The minimum absolute atomic E-state index is 0.140. The highest BCUT2D eigenvalue weighted by Crippen LogP contribution is 2.19. The zero-order valence-corrected chi connectivity index (χ0v) is 19.0. The lowest BCUT2D eigenvalue weighted by atomic mass is 10.1. The molecule has 0 aliphatic carbocycles. The van der Waals surface area contributed by atoms with Gasteiger partial charge in [-0.25, -0.2) is 4.79 Å². The summed E-state index contributed by atoms with van der Waals surface area (Å²) < 4.78 is 0. The molecule has 0 saturated carbocycles. The van der Waals surface area contributed by atoms with Crippen LogP contribution in [0, 0.1) is 0 Å². The van der Waals surface area contributed by atoms with Crippen molar-refractivity contribution in [3.8, 4) is 5.75 Å². The van der Waals surface area contributed by atoms with Gasteiger partial charge in [0.2, 0.25) is 0 Å². The summed E-state index contributed by atoms with van der Waals surface area (Å²) in [4.78, 5) is 20.7. The van der Waals surface area contributed by atoms with Crippen molar-refractivity contribution in [1.29, 1.82) is 0 Å². The molecule has 0 fully saturated rings. The Morgan fingerprint density at radius 2 is 1.35 bits per heavy atom. The molecule has 0 atom stereocenters. The van der Waals surface area contributed by atoms with Crippen LogP contribution in [0.5, 0.6) is 5.75 Å². The van der Waals surface area contributed by atoms with Gasteiger partial charge in [0.05, 0.1) is 0 Å². The van der Waals surface area contributed by atoms with Gasteiger partial charge in [0.15, 0.2) is 0 Å². The Morgan fingerprint density at radius 1 is 0.839 bits per heavy atom. The molecular weight excluding hydrogens is 394 g/mol. The topological polar surface area (TPSA) is 121 Å². The molecule has 0 radical (unpaired) electrons. The highest BCUT2D eigenvalue weighted by atomic mass is 16.4. The summed E-state index contributed by atoms with van der Waals surface area (Å²) in [6.07, 6.45) is 21.2. The predicted molar refractivity (Wildman–Crippen MR) is 127 cm³/mol. The smallest absolute Gasteiger partial charge is 0.339 e. The maximum atomic E-state index is 10.3. The fourth-order valence-electron chi connectivity index (χ4n) is 3.08. The molecule has 0 aliphatic rings. The molecule has 0 aliphatic heterocycles. The summed E-state index contributed by atoms with van der Waals surface area (Å²) in [6, 6.07) is 3.87. The standard InChI is InChI=1S/C18H34O2.C7H7NO3/c1-2-3-4-5-6-7-8-9-10-11-12-13-14-15-16-17-18(19)20;8-4-1-2-5(7(10)11)6(9)3-4/h9-10H,2-8,11-17H2,1H3,(H,19,20);1-3,9H,8H2,(H,10,11). The normalized spacial score (nSPS) is 10.6. The Hall–Kier alpha value is -2.50. The number of allylic oxidation sites excluding steroid dienone is 2. The van der Waals surface area contributed by atoms with E-state index in [4.69, 9.17) is 21.1 Å². The number of carboxylic acids is 2. The predicted octanol–water partition coefficient (Wildman–Crippen LogP) is 6.78. The number of anilines is 1. The van der Waals surface area contributed by atoms with Gasteiger partial charge in [-0.3, -0.25) is 4.79 Å². The number of nitrogens with two attached hydrogens (primary N) is 1. The Balaban J connectivity index is 0.000000683. The van der Waals surface area contributed by atoms with Gasteiger partial charge >= 0.3 is 11.9 Å². The molecule has 0 spiro atoms. The highest BCUT2D eigenvalue weighted by Gasteiger charge is 2.07. The number of hydrogen-bond donors (Lipinski definition) is 4. The SMILES string of the molecule is CCCCCCCCC=CCCCCCCCC(=O)O.Nc1ccc(C(=O)O)c(O)c1. The fraction of sp³-hybridized carbons (Fsp3) is 0.600. The summed E-state index contributed by atoms with van der Waals surface area (Å²) in [5.41, 5.74) is 5.48. The first-order valence-corrected chi connectivity index (χ1v) is 11.6. The van der Waals surface area contributed by atoms with Crippen LogP contribution in [0.15, 0.2) is 30.4 Å². The largest absolute Gasteiger partial charge is 0.507 e. The van der Waals surface area contributed by atoms with Crippen molar-refractivity contribution in [2.75, 3.05) is 5.73 Å². The third-order valence-electron chi connectivity index (χ3n) is 4.90. The van der Waals surface area contributed by atoms with E-state index in [1.54, 1.807) is 0 Å². The van der Waals surface area contributed by atoms with Gasteiger partial charge in [0.1, 0.15) is 11.3 Å². The van der Waals surface area contributed by atoms with E-state index in [2.05, 4.69) is 19.1 Å². The number of hydrogen-bond acceptors (Lipinski definition) is 4. The second kappa shape index (κ2) is 19.5. The lowest BCUT2D eigenvalue weighted by Gasteiger charge is -1.99. The quantitative estimate of drug-likeness (QED) is 0.129. The molecule has 0 amide bonds. The van der Waals surface area contributed by atoms with E-state index in [1.807, 2.05) is 0 Å². The number of rotatable bonds is 16. The van der Waals surface area contributed by atoms with Crippen LogP contribution in [0.4, 0.5) is 5.69 Å². The second-order valence-electron chi connectivity index (χ2n) is 7.81. The van der Waals surface area contributed by atoms with Gasteiger partial charge in [-0.15, -0.1) is 0 Å². The number of nitrogen functional groups attached to an aromatic ring is 1. The van der Waals surface area contributed by atoms with Crippen molar-refractivity contribution in [2.24, 2.45) is 0 Å². The van der Waals surface area contributed by atoms with Crippen LogP contribution in [0.25, 0.3) is 0 Å². The van der Waals surface area contributed by atoms with Crippen LogP contribution in [0.1, 0.15) is 107 Å². The van der Waals surface area contributed by atoms with Crippen LogP contribution in [-0.4, -0.2) is 27.3 Å². The minimum Gasteiger partial charge on any atom is -0.507 e. The van der Waals surface area contributed by atoms with Crippen molar-refractivity contribution in [3.05, 3.63) is 35.9 Å². The molecule has 31 heavy (non-hydrogen) atoms. The minimum atomic E-state index is -1.16. The van der Waals surface area contributed by atoms with Crippen molar-refractivity contribution in [3.63, 3.8) is 0 Å². The Bertz CT molecular complexity index is 643. The Labute approximate surface area is 187 Å². The summed E-state index contributed by atoms with van der Waals surface area (Å²) in [5.74, 6) is -2.14. The first-order valence-electron chi connectivity index (χ1n) is 11.6. The maximum absolute atomic E-state index is 10.3. The van der Waals surface area contributed by atoms with E-state index in [9.17, 15) is 9.59 Å². The number of aliphatic carboxylic acids is 1. The molecule has 0 unspecified atom stereocenters. The summed E-state index contributed by atoms with van der Waals surface area (Å²) in [5, 5.41) is 26.0. The summed E-state index contributed by atoms with van der Waals surface area (Å²) in [7, 11) is 0. The van der Waals surface area contributed by atoms with Crippen LogP contribution in [0.3, 0.4) is 0 Å². The van der Waals surface area contributed by atoms with Crippen LogP contribution in [0.2, 0.25) is 0 Å². The molecular formula is C25H41NO5. The van der Waals surface area contributed by atoms with E-state index < -0.39 is 11.9 Å². The van der Waals surface area contributed by atoms with Crippen molar-refractivity contribution in [2.45, 2.75) is 96.8 Å². The molecule has 5 N–H and O–H groups in total. The van der Waals surface area contributed by atoms with Gasteiger partial charge in [0, 0.05) is 18.2 Å². The number of phenols is 1. The molecule has 1 aromatic carbocycles. The van der Waals surface area contributed by atoms with E-state index in [-0.39, 0.29) is 11.3 Å². The Morgan fingerprint density at radius 3 is 1.84 bits per heavy atom. The number of aromatic hydroxyl groups is 1. The fourth-order valence-corrected chi connectivity index (χ4v) is 3.08. The van der Waals surface area contributed by atoms with Crippen LogP contribution < -0.4 is 5.73 Å². The van der Waals surface area contributed by atoms with Gasteiger partial charge in [-0.2, -0.15) is 0 Å². The van der Waals surface area contributed by atoms with E-state index in [0.29, 0.717) is 12.1 Å². The lowest BCUT2D eigenvalue weighted by Crippen LogP contribution is -1.97. The third-order valence-corrected chi connectivity index (χ3v) is 4.90. The molecule has 1 rings (SSSR count). The van der Waals surface area contributed by atoms with Crippen LogP contribution >= 0.6 is 0 Å². The first kappa shape index (κ1) is 28.5. The monoisotopic (exact) mass is 435 g/mol. The van der Waals surface area contributed by atoms with Crippen molar-refractivity contribution < 1.29 is 24.9 Å². The number of carbonyl (C=O) groups is 2. The van der Waals surface area contributed by atoms with Crippen molar-refractivity contribution >= 4 is 17.6 Å². The van der Waals surface area contributed by atoms with Gasteiger partial charge < -0.3 is 21.1 Å². The lowest BCUT2D eigenvalue weighted by molar-refractivity contribution is -0.137. The van der Waals surface area contributed by atoms with Gasteiger partial charge in [0.25, 0.3) is 0 Å². The molecule has 0 saturated heterocycles. The third kappa shape index (κ3) is 18.0. The zero-order valence-electron chi connectivity index (χ0n) is 19.0. The number of carboxylic acid groups (broad SMARTS) is 2. The molecule has 6 nitrogen and oxygen atoms in total. The molecule has 1 aromatic rings. The van der Waals surface area contributed by atoms with E-state index in [0.717, 1.165) is 12.8 Å². The number of benzene rings is 1. The maximum Gasteiger partial charge on any atom is 0.339 e. The molecule has 6 heteroatoms. The summed E-state index contributed by atoms with van der Waals surface area (Å²) >= 11 is 0. The first-order chi connectivity index (χ1) is 14.9. The van der Waals surface area contributed by atoms with Crippen molar-refractivity contribution in [1.82, 2.24) is 0 Å². The highest BCUT2D eigenvalue weighted by molar-refractivity contribution is 5.91. The molecule has 176 valence electrons. The average Bonchev–Trinajstić information content (AvgIpc) is 2.71. The van der Waals surface area contributed by atoms with Gasteiger partial charge in [-0.1, -0.05) is 70.4 Å². The molecule has 0 heterocycles. The molecule has 0 bridgehead atoms. The number of unbranched alkanes of at least 4 members (excludes halogenated alkanes) is 11. The van der Waals surface area contributed by atoms with Crippen LogP contribution in [-0.2, 0) is 4.79 Å². The molecule has 0 aromatic heterocycles. The number of aromatic carboxylic acids is 1. The van der Waals surface area contributed by atoms with E-state index >= 15 is 0 Å². The Kier molecular flexibility index (Phi) is 17.9. The second-order valence-corrected chi connectivity index (χ2v) is 7.81.